The lowest BCUT2D eigenvalue weighted by Crippen LogP contribution is -2.05. The molecular formula is C20H13F3OS. The standard InChI is InChI=1S/C20H13F3OS/c21-20(22,23)17-8-6-15(7-9-17)19(24)11-10-18-12-16(13-25-18)14-4-2-1-3-5-14/h1-13H/b11-10+. The number of carbonyl (C=O) groups excluding carboxylic acids is 1. The van der Waals surface area contributed by atoms with Crippen molar-refractivity contribution in [2.45, 2.75) is 6.18 Å². The molecule has 3 rings (SSSR count). The Labute approximate surface area is 147 Å². The number of allylic oxidation sites excluding steroid dienone is 1. The van der Waals surface area contributed by atoms with Gasteiger partial charge in [-0.1, -0.05) is 42.5 Å². The number of hydrogen-bond acceptors (Lipinski definition) is 2. The molecule has 0 amide bonds. The average molecular weight is 358 g/mol. The molecule has 0 unspecified atom stereocenters. The summed E-state index contributed by atoms with van der Waals surface area (Å²) in [7, 11) is 0. The molecule has 126 valence electrons. The summed E-state index contributed by atoms with van der Waals surface area (Å²) >= 11 is 1.50. The lowest BCUT2D eigenvalue weighted by molar-refractivity contribution is -0.137. The van der Waals surface area contributed by atoms with Gasteiger partial charge in [-0.05, 0) is 46.9 Å². The predicted molar refractivity (Wildman–Crippen MR) is 94.6 cm³/mol. The first-order valence-electron chi connectivity index (χ1n) is 7.47. The Morgan fingerprint density at radius 3 is 2.24 bits per heavy atom. The van der Waals surface area contributed by atoms with Gasteiger partial charge in [0, 0.05) is 10.4 Å². The molecular weight excluding hydrogens is 345 g/mol. The molecule has 3 aromatic rings. The number of benzene rings is 2. The van der Waals surface area contributed by atoms with E-state index in [1.807, 2.05) is 41.8 Å². The fraction of sp³-hybridized carbons (Fsp3) is 0.0500. The number of ketones is 1. The molecule has 25 heavy (non-hydrogen) atoms. The highest BCUT2D eigenvalue weighted by molar-refractivity contribution is 7.11. The van der Waals surface area contributed by atoms with E-state index in [9.17, 15) is 18.0 Å². The van der Waals surface area contributed by atoms with Crippen LogP contribution in [0.3, 0.4) is 0 Å². The highest BCUT2D eigenvalue weighted by Gasteiger charge is 2.30. The molecule has 1 nitrogen and oxygen atoms in total. The third-order valence-electron chi connectivity index (χ3n) is 3.62. The first kappa shape index (κ1) is 17.2. The largest absolute Gasteiger partial charge is 0.416 e. The number of rotatable bonds is 4. The van der Waals surface area contributed by atoms with Crippen molar-refractivity contribution in [1.29, 1.82) is 0 Å². The second-order valence-corrected chi connectivity index (χ2v) is 6.32. The van der Waals surface area contributed by atoms with Gasteiger partial charge >= 0.3 is 6.18 Å². The molecule has 0 spiro atoms. The van der Waals surface area contributed by atoms with E-state index in [1.165, 1.54) is 29.5 Å². The van der Waals surface area contributed by atoms with Gasteiger partial charge in [0.25, 0.3) is 0 Å². The normalized spacial score (nSPS) is 11.8. The molecule has 0 aliphatic heterocycles. The maximum absolute atomic E-state index is 12.5. The summed E-state index contributed by atoms with van der Waals surface area (Å²) < 4.78 is 37.6. The summed E-state index contributed by atoms with van der Waals surface area (Å²) in [5.74, 6) is -0.330. The predicted octanol–water partition coefficient (Wildman–Crippen LogP) is 6.33. The lowest BCUT2D eigenvalue weighted by Gasteiger charge is -2.06. The molecule has 5 heteroatoms. The topological polar surface area (TPSA) is 17.1 Å². The van der Waals surface area contributed by atoms with Crippen LogP contribution < -0.4 is 0 Å². The molecule has 0 saturated heterocycles. The van der Waals surface area contributed by atoms with E-state index in [0.29, 0.717) is 0 Å². The zero-order valence-electron chi connectivity index (χ0n) is 13.0. The molecule has 0 bridgehead atoms. The molecule has 0 fully saturated rings. The van der Waals surface area contributed by atoms with Crippen LogP contribution in [0.15, 0.2) is 72.1 Å². The number of carbonyl (C=O) groups is 1. The highest BCUT2D eigenvalue weighted by atomic mass is 32.1. The van der Waals surface area contributed by atoms with Gasteiger partial charge in [-0.15, -0.1) is 11.3 Å². The van der Waals surface area contributed by atoms with Crippen LogP contribution in [0.1, 0.15) is 20.8 Å². The molecule has 2 aromatic carbocycles. The van der Waals surface area contributed by atoms with Crippen molar-refractivity contribution in [1.82, 2.24) is 0 Å². The Hall–Kier alpha value is -2.66. The molecule has 0 saturated carbocycles. The Morgan fingerprint density at radius 2 is 1.60 bits per heavy atom. The molecule has 0 N–H and O–H groups in total. The van der Waals surface area contributed by atoms with Crippen molar-refractivity contribution in [3.63, 3.8) is 0 Å². The van der Waals surface area contributed by atoms with Gasteiger partial charge in [0.2, 0.25) is 0 Å². The third kappa shape index (κ3) is 4.25. The fourth-order valence-electron chi connectivity index (χ4n) is 2.30. The highest BCUT2D eigenvalue weighted by Crippen LogP contribution is 2.29. The number of hydrogen-bond donors (Lipinski definition) is 0. The second kappa shape index (κ2) is 7.07. The minimum atomic E-state index is -4.40. The number of thiophene rings is 1. The first-order valence-corrected chi connectivity index (χ1v) is 8.35. The molecule has 1 heterocycles. The van der Waals surface area contributed by atoms with Crippen molar-refractivity contribution in [2.75, 3.05) is 0 Å². The SMILES string of the molecule is O=C(/C=C/c1cc(-c2ccccc2)cs1)c1ccc(C(F)(F)F)cc1. The Kier molecular flexibility index (Phi) is 4.86. The zero-order chi connectivity index (χ0) is 17.9. The molecule has 0 aliphatic rings. The van der Waals surface area contributed by atoms with Crippen LogP contribution in [0.2, 0.25) is 0 Å². The van der Waals surface area contributed by atoms with Crippen LogP contribution >= 0.6 is 11.3 Å². The Morgan fingerprint density at radius 1 is 0.920 bits per heavy atom. The summed E-state index contributed by atoms with van der Waals surface area (Å²) in [4.78, 5) is 13.0. The smallest absolute Gasteiger partial charge is 0.289 e. The van der Waals surface area contributed by atoms with Crippen molar-refractivity contribution >= 4 is 23.2 Å². The minimum Gasteiger partial charge on any atom is -0.289 e. The maximum Gasteiger partial charge on any atom is 0.416 e. The van der Waals surface area contributed by atoms with Crippen LogP contribution in [0.4, 0.5) is 13.2 Å². The fourth-order valence-corrected chi connectivity index (χ4v) is 3.11. The Bertz CT molecular complexity index is 891. The zero-order valence-corrected chi connectivity index (χ0v) is 13.8. The summed E-state index contributed by atoms with van der Waals surface area (Å²) in [6.45, 7) is 0. The second-order valence-electron chi connectivity index (χ2n) is 5.38. The monoisotopic (exact) mass is 358 g/mol. The van der Waals surface area contributed by atoms with Gasteiger partial charge in [-0.25, -0.2) is 0 Å². The van der Waals surface area contributed by atoms with E-state index >= 15 is 0 Å². The molecule has 0 atom stereocenters. The maximum atomic E-state index is 12.5. The van der Waals surface area contributed by atoms with Crippen molar-refractivity contribution in [3.05, 3.63) is 88.1 Å². The van der Waals surface area contributed by atoms with Gasteiger partial charge in [0.05, 0.1) is 5.56 Å². The van der Waals surface area contributed by atoms with Crippen LogP contribution in [0.25, 0.3) is 17.2 Å². The van der Waals surface area contributed by atoms with E-state index in [4.69, 9.17) is 0 Å². The van der Waals surface area contributed by atoms with E-state index in [-0.39, 0.29) is 11.3 Å². The number of halogens is 3. The summed E-state index contributed by atoms with van der Waals surface area (Å²) in [6, 6.07) is 16.0. The van der Waals surface area contributed by atoms with Gasteiger partial charge < -0.3 is 0 Å². The Balaban J connectivity index is 1.72. The summed E-state index contributed by atoms with van der Waals surface area (Å²) in [5, 5.41) is 2.00. The minimum absolute atomic E-state index is 0.226. The van der Waals surface area contributed by atoms with Gasteiger partial charge in [-0.2, -0.15) is 13.2 Å². The van der Waals surface area contributed by atoms with Crippen molar-refractivity contribution < 1.29 is 18.0 Å². The quantitative estimate of drug-likeness (QED) is 0.393. The van der Waals surface area contributed by atoms with E-state index in [2.05, 4.69) is 0 Å². The van der Waals surface area contributed by atoms with Crippen LogP contribution in [0.5, 0.6) is 0 Å². The molecule has 0 aliphatic carbocycles. The summed E-state index contributed by atoms with van der Waals surface area (Å²) in [6.07, 6.45) is -1.34. The molecule has 1 aromatic heterocycles. The van der Waals surface area contributed by atoms with Crippen LogP contribution in [-0.2, 0) is 6.18 Å². The lowest BCUT2D eigenvalue weighted by atomic mass is 10.1. The molecule has 0 radical (unpaired) electrons. The van der Waals surface area contributed by atoms with Crippen molar-refractivity contribution in [2.24, 2.45) is 0 Å². The van der Waals surface area contributed by atoms with Crippen LogP contribution in [0, 0.1) is 0 Å². The van der Waals surface area contributed by atoms with Crippen LogP contribution in [-0.4, -0.2) is 5.78 Å². The van der Waals surface area contributed by atoms with Crippen molar-refractivity contribution in [3.8, 4) is 11.1 Å². The number of alkyl halides is 3. The van der Waals surface area contributed by atoms with Gasteiger partial charge in [0.15, 0.2) is 5.78 Å². The summed E-state index contributed by atoms with van der Waals surface area (Å²) in [5.41, 5.74) is 1.61. The van der Waals surface area contributed by atoms with E-state index in [0.717, 1.165) is 28.1 Å². The van der Waals surface area contributed by atoms with E-state index in [1.54, 1.807) is 6.08 Å². The third-order valence-corrected chi connectivity index (χ3v) is 4.52. The first-order chi connectivity index (χ1) is 11.9. The van der Waals surface area contributed by atoms with Gasteiger partial charge in [-0.3, -0.25) is 4.79 Å². The van der Waals surface area contributed by atoms with E-state index < -0.39 is 11.7 Å². The van der Waals surface area contributed by atoms with Gasteiger partial charge in [0.1, 0.15) is 0 Å². The average Bonchev–Trinajstić information content (AvgIpc) is 3.09.